The van der Waals surface area contributed by atoms with E-state index in [-0.39, 0.29) is 29.9 Å². The number of fused-ring (bicyclic) bond motifs is 3. The number of hydrogen-bond acceptors (Lipinski definition) is 4. The average molecular weight is 513 g/mol. The van der Waals surface area contributed by atoms with Gasteiger partial charge in [-0.3, -0.25) is 9.59 Å². The highest BCUT2D eigenvalue weighted by Gasteiger charge is 2.46. The van der Waals surface area contributed by atoms with E-state index in [1.54, 1.807) is 6.08 Å². The van der Waals surface area contributed by atoms with Gasteiger partial charge in [-0.05, 0) is 80.3 Å². The molecule has 0 spiro atoms. The van der Waals surface area contributed by atoms with Gasteiger partial charge in [0.1, 0.15) is 5.75 Å². The summed E-state index contributed by atoms with van der Waals surface area (Å²) in [7, 11) is 0. The first kappa shape index (κ1) is 25.0. The third kappa shape index (κ3) is 4.74. The molecule has 1 saturated heterocycles. The Morgan fingerprint density at radius 1 is 1.14 bits per heavy atom. The molecule has 3 atom stereocenters. The van der Waals surface area contributed by atoms with Crippen LogP contribution in [0.25, 0.3) is 10.4 Å². The predicted molar refractivity (Wildman–Crippen MR) is 149 cm³/mol. The maximum absolute atomic E-state index is 13.9. The van der Waals surface area contributed by atoms with Gasteiger partial charge in [0.25, 0.3) is 11.8 Å². The topological polar surface area (TPSA) is 49.9 Å². The molecule has 1 aromatic heterocycles. The Labute approximate surface area is 222 Å². The lowest BCUT2D eigenvalue weighted by atomic mass is 9.88. The van der Waals surface area contributed by atoms with Gasteiger partial charge in [0.05, 0.1) is 23.6 Å². The van der Waals surface area contributed by atoms with E-state index >= 15 is 0 Å². The Morgan fingerprint density at radius 2 is 1.92 bits per heavy atom. The minimum Gasteiger partial charge on any atom is -0.494 e. The van der Waals surface area contributed by atoms with E-state index in [1.165, 1.54) is 11.3 Å². The fourth-order valence-electron chi connectivity index (χ4n) is 5.60. The zero-order valence-electron chi connectivity index (χ0n) is 21.3. The van der Waals surface area contributed by atoms with E-state index < -0.39 is 0 Å². The lowest BCUT2D eigenvalue weighted by Crippen LogP contribution is -2.51. The standard InChI is InChI=1S/C31H32N2O3S/c1-4-9-22-19-23(20-27-25-10-7-8-11-26(25)30(34)33(22)27)32(18-5-2)31(35)29-17-16-28(37-29)21-12-14-24(15-13-21)36-6-3/h4-5,7-17,22-23,27H,2,6,18-20H2,1,3H3/b9-4+/t22-,23-,27+/m1/s1. The Bertz CT molecular complexity index is 1330. The fourth-order valence-corrected chi connectivity index (χ4v) is 6.57. The minimum absolute atomic E-state index is 0.0112. The number of piperidine rings is 1. The van der Waals surface area contributed by atoms with E-state index in [0.29, 0.717) is 30.9 Å². The first-order valence-corrected chi connectivity index (χ1v) is 13.7. The zero-order chi connectivity index (χ0) is 25.9. The van der Waals surface area contributed by atoms with Gasteiger partial charge in [0.15, 0.2) is 0 Å². The molecule has 5 rings (SSSR count). The van der Waals surface area contributed by atoms with E-state index in [2.05, 4.69) is 18.7 Å². The fraction of sp³-hybridized carbons (Fsp3) is 0.290. The summed E-state index contributed by atoms with van der Waals surface area (Å²) in [5.41, 5.74) is 2.90. The van der Waals surface area contributed by atoms with Crippen LogP contribution in [-0.2, 0) is 0 Å². The molecule has 3 aromatic rings. The van der Waals surface area contributed by atoms with Crippen molar-refractivity contribution in [1.82, 2.24) is 9.80 Å². The first-order valence-electron chi connectivity index (χ1n) is 12.8. The van der Waals surface area contributed by atoms with Crippen molar-refractivity contribution in [1.29, 1.82) is 0 Å². The molecule has 2 aliphatic heterocycles. The summed E-state index contributed by atoms with van der Waals surface area (Å²) >= 11 is 1.51. The quantitative estimate of drug-likeness (QED) is 0.314. The Hall–Kier alpha value is -3.64. The van der Waals surface area contributed by atoms with Crippen LogP contribution < -0.4 is 4.74 Å². The second kappa shape index (κ2) is 10.8. The highest BCUT2D eigenvalue weighted by atomic mass is 32.1. The van der Waals surface area contributed by atoms with Crippen LogP contribution in [0.15, 0.2) is 85.5 Å². The summed E-state index contributed by atoms with van der Waals surface area (Å²) in [5, 5.41) is 0. The number of rotatable bonds is 8. The van der Waals surface area contributed by atoms with Gasteiger partial charge in [-0.25, -0.2) is 0 Å². The summed E-state index contributed by atoms with van der Waals surface area (Å²) in [5.74, 6) is 0.935. The van der Waals surface area contributed by atoms with Crippen molar-refractivity contribution in [2.45, 2.75) is 44.8 Å². The number of amides is 2. The highest BCUT2D eigenvalue weighted by molar-refractivity contribution is 7.17. The maximum Gasteiger partial charge on any atom is 0.264 e. The maximum atomic E-state index is 13.9. The first-order chi connectivity index (χ1) is 18.0. The van der Waals surface area contributed by atoms with Gasteiger partial charge in [-0.15, -0.1) is 17.9 Å². The minimum atomic E-state index is -0.0588. The molecule has 1 fully saturated rings. The van der Waals surface area contributed by atoms with Crippen molar-refractivity contribution in [3.8, 4) is 16.2 Å². The van der Waals surface area contributed by atoms with E-state index in [4.69, 9.17) is 4.74 Å². The number of ether oxygens (including phenoxy) is 1. The summed E-state index contributed by atoms with van der Waals surface area (Å²) in [6, 6.07) is 19.7. The van der Waals surface area contributed by atoms with Crippen LogP contribution >= 0.6 is 11.3 Å². The van der Waals surface area contributed by atoms with E-state index in [9.17, 15) is 9.59 Å². The third-order valence-electron chi connectivity index (χ3n) is 7.20. The van der Waals surface area contributed by atoms with Crippen LogP contribution in [0.5, 0.6) is 5.75 Å². The molecule has 0 unspecified atom stereocenters. The zero-order valence-corrected chi connectivity index (χ0v) is 22.1. The molecular formula is C31H32N2O3S. The number of thiophene rings is 1. The van der Waals surface area contributed by atoms with E-state index in [0.717, 1.165) is 27.3 Å². The van der Waals surface area contributed by atoms with Crippen LogP contribution in [0, 0.1) is 0 Å². The number of carbonyl (C=O) groups is 2. The molecule has 2 amide bonds. The molecule has 6 heteroatoms. The summed E-state index contributed by atoms with van der Waals surface area (Å²) in [6.45, 7) is 8.97. The van der Waals surface area contributed by atoms with Crippen molar-refractivity contribution >= 4 is 23.2 Å². The molecule has 0 bridgehead atoms. The molecular weight excluding hydrogens is 480 g/mol. The normalized spacial score (nSPS) is 20.5. The van der Waals surface area contributed by atoms with Gasteiger partial charge >= 0.3 is 0 Å². The van der Waals surface area contributed by atoms with Crippen molar-refractivity contribution < 1.29 is 14.3 Å². The van der Waals surface area contributed by atoms with Gasteiger partial charge < -0.3 is 14.5 Å². The summed E-state index contributed by atoms with van der Waals surface area (Å²) < 4.78 is 5.55. The predicted octanol–water partition coefficient (Wildman–Crippen LogP) is 6.75. The molecule has 0 radical (unpaired) electrons. The molecule has 3 heterocycles. The van der Waals surface area contributed by atoms with Crippen molar-refractivity contribution in [3.63, 3.8) is 0 Å². The molecule has 2 aliphatic rings. The van der Waals surface area contributed by atoms with Crippen LogP contribution in [-0.4, -0.2) is 46.8 Å². The number of benzene rings is 2. The molecule has 2 aromatic carbocycles. The van der Waals surface area contributed by atoms with Crippen LogP contribution in [0.2, 0.25) is 0 Å². The SMILES string of the molecule is C=CCN(C(=O)c1ccc(-c2ccc(OCC)cc2)s1)[C@@H]1C[C@@H](/C=C/C)N2C(=O)c3ccccc3[C@@H]2C1. The number of allylic oxidation sites excluding steroid dienone is 1. The Balaban J connectivity index is 1.41. The van der Waals surface area contributed by atoms with Gasteiger partial charge in [0, 0.05) is 23.0 Å². The number of nitrogens with zero attached hydrogens (tertiary/aromatic N) is 2. The van der Waals surface area contributed by atoms with Gasteiger partial charge in [-0.1, -0.05) is 36.4 Å². The Morgan fingerprint density at radius 3 is 2.65 bits per heavy atom. The number of carbonyl (C=O) groups excluding carboxylic acids is 2. The van der Waals surface area contributed by atoms with Crippen molar-refractivity contribution in [2.24, 2.45) is 0 Å². The summed E-state index contributed by atoms with van der Waals surface area (Å²) in [6.07, 6.45) is 7.31. The van der Waals surface area contributed by atoms with Crippen molar-refractivity contribution in [2.75, 3.05) is 13.2 Å². The van der Waals surface area contributed by atoms with Crippen molar-refractivity contribution in [3.05, 3.63) is 101 Å². The van der Waals surface area contributed by atoms with Gasteiger partial charge in [-0.2, -0.15) is 0 Å². The lowest BCUT2D eigenvalue weighted by molar-refractivity contribution is 0.0350. The smallest absolute Gasteiger partial charge is 0.264 e. The largest absolute Gasteiger partial charge is 0.494 e. The molecule has 37 heavy (non-hydrogen) atoms. The number of hydrogen-bond donors (Lipinski definition) is 0. The lowest BCUT2D eigenvalue weighted by Gasteiger charge is -2.44. The van der Waals surface area contributed by atoms with E-state index in [1.807, 2.05) is 84.3 Å². The second-order valence-corrected chi connectivity index (χ2v) is 10.5. The molecule has 0 saturated carbocycles. The monoisotopic (exact) mass is 512 g/mol. The highest BCUT2D eigenvalue weighted by Crippen LogP contribution is 2.44. The summed E-state index contributed by atoms with van der Waals surface area (Å²) in [4.78, 5) is 32.8. The molecule has 190 valence electrons. The second-order valence-electron chi connectivity index (χ2n) is 9.40. The Kier molecular flexibility index (Phi) is 7.28. The molecule has 5 nitrogen and oxygen atoms in total. The van der Waals surface area contributed by atoms with Crippen LogP contribution in [0.1, 0.15) is 58.3 Å². The third-order valence-corrected chi connectivity index (χ3v) is 8.32. The molecule has 0 N–H and O–H groups in total. The van der Waals surface area contributed by atoms with Crippen LogP contribution in [0.4, 0.5) is 0 Å². The van der Waals surface area contributed by atoms with Gasteiger partial charge in [0.2, 0.25) is 0 Å². The van der Waals surface area contributed by atoms with Crippen LogP contribution in [0.3, 0.4) is 0 Å². The average Bonchev–Trinajstić information content (AvgIpc) is 3.52. The molecule has 0 aliphatic carbocycles.